The van der Waals surface area contributed by atoms with E-state index in [1.54, 1.807) is 23.1 Å². The number of hydrogen-bond acceptors (Lipinski definition) is 2. The van der Waals surface area contributed by atoms with Crippen LogP contribution in [0, 0.1) is 0 Å². The monoisotopic (exact) mass is 363 g/mol. The molecular weight excluding hydrogens is 349 g/mol. The molecular formula is C17H15Cl2N3O2. The maximum atomic E-state index is 12.1. The summed E-state index contributed by atoms with van der Waals surface area (Å²) in [5.41, 5.74) is 1.36. The van der Waals surface area contributed by atoms with Gasteiger partial charge in [0.15, 0.2) is 0 Å². The Morgan fingerprint density at radius 2 is 1.83 bits per heavy atom. The van der Waals surface area contributed by atoms with Gasteiger partial charge in [0.25, 0.3) is 0 Å². The van der Waals surface area contributed by atoms with E-state index in [1.807, 2.05) is 30.3 Å². The molecule has 3 amide bonds. The van der Waals surface area contributed by atoms with Crippen LogP contribution >= 0.6 is 23.2 Å². The van der Waals surface area contributed by atoms with Crippen molar-refractivity contribution >= 4 is 46.5 Å². The lowest BCUT2D eigenvalue weighted by Crippen LogP contribution is -2.39. The molecule has 0 saturated carbocycles. The minimum absolute atomic E-state index is 0.0129. The molecule has 2 N–H and O–H groups in total. The summed E-state index contributed by atoms with van der Waals surface area (Å²) in [4.78, 5) is 25.9. The maximum absolute atomic E-state index is 12.1. The highest BCUT2D eigenvalue weighted by Gasteiger charge is 2.31. The quantitative estimate of drug-likeness (QED) is 0.867. The summed E-state index contributed by atoms with van der Waals surface area (Å²) in [5.74, 6) is -0.0129. The molecule has 2 aromatic rings. The van der Waals surface area contributed by atoms with Crippen molar-refractivity contribution in [2.24, 2.45) is 0 Å². The summed E-state index contributed by atoms with van der Waals surface area (Å²) in [5, 5.41) is 6.27. The zero-order valence-electron chi connectivity index (χ0n) is 12.6. The van der Waals surface area contributed by atoms with E-state index in [1.165, 1.54) is 0 Å². The van der Waals surface area contributed by atoms with Gasteiger partial charge in [0.05, 0.1) is 16.1 Å². The molecule has 0 unspecified atom stereocenters. The van der Waals surface area contributed by atoms with E-state index in [-0.39, 0.29) is 24.4 Å². The van der Waals surface area contributed by atoms with E-state index in [4.69, 9.17) is 23.2 Å². The molecule has 124 valence electrons. The van der Waals surface area contributed by atoms with Crippen LogP contribution < -0.4 is 15.5 Å². The number of rotatable bonds is 3. The number of urea groups is 1. The summed E-state index contributed by atoms with van der Waals surface area (Å²) in [6, 6.07) is 13.6. The van der Waals surface area contributed by atoms with Gasteiger partial charge in [-0.05, 0) is 30.3 Å². The van der Waals surface area contributed by atoms with Gasteiger partial charge in [0.2, 0.25) is 5.91 Å². The van der Waals surface area contributed by atoms with Gasteiger partial charge in [-0.1, -0.05) is 41.4 Å². The number of halogens is 2. The van der Waals surface area contributed by atoms with Gasteiger partial charge in [-0.2, -0.15) is 0 Å². The van der Waals surface area contributed by atoms with Gasteiger partial charge < -0.3 is 15.5 Å². The predicted octanol–water partition coefficient (Wildman–Crippen LogP) is 3.92. The normalized spacial score (nSPS) is 17.0. The Hall–Kier alpha value is -2.24. The van der Waals surface area contributed by atoms with Crippen LogP contribution in [0.25, 0.3) is 0 Å². The van der Waals surface area contributed by atoms with Crippen LogP contribution in [0.4, 0.5) is 16.2 Å². The molecule has 0 radical (unpaired) electrons. The second-order valence-corrected chi connectivity index (χ2v) is 6.28. The summed E-state index contributed by atoms with van der Waals surface area (Å²) in [7, 11) is 0. The minimum atomic E-state index is -0.388. The SMILES string of the molecule is O=C(Nc1ccc(Cl)c(Cl)c1)N[C@@H]1CC(=O)N(c2ccccc2)C1. The first-order valence-electron chi connectivity index (χ1n) is 7.41. The summed E-state index contributed by atoms with van der Waals surface area (Å²) in [6.45, 7) is 0.442. The van der Waals surface area contributed by atoms with Crippen molar-refractivity contribution in [3.63, 3.8) is 0 Å². The lowest BCUT2D eigenvalue weighted by molar-refractivity contribution is -0.117. The fraction of sp³-hybridized carbons (Fsp3) is 0.176. The highest BCUT2D eigenvalue weighted by molar-refractivity contribution is 6.42. The number of carbonyl (C=O) groups is 2. The van der Waals surface area contributed by atoms with Crippen LogP contribution in [0.5, 0.6) is 0 Å². The molecule has 0 bridgehead atoms. The molecule has 1 aliphatic rings. The lowest BCUT2D eigenvalue weighted by Gasteiger charge is -2.17. The molecule has 1 fully saturated rings. The van der Waals surface area contributed by atoms with Crippen LogP contribution in [0.2, 0.25) is 10.0 Å². The molecule has 5 nitrogen and oxygen atoms in total. The number of amides is 3. The third-order valence-electron chi connectivity index (χ3n) is 3.71. The molecule has 1 aliphatic heterocycles. The number of para-hydroxylation sites is 1. The Bertz CT molecular complexity index is 768. The predicted molar refractivity (Wildman–Crippen MR) is 95.8 cm³/mol. The van der Waals surface area contributed by atoms with E-state index in [0.29, 0.717) is 22.3 Å². The molecule has 3 rings (SSSR count). The van der Waals surface area contributed by atoms with Gasteiger partial charge in [-0.25, -0.2) is 4.79 Å². The van der Waals surface area contributed by atoms with Crippen molar-refractivity contribution in [1.82, 2.24) is 5.32 Å². The van der Waals surface area contributed by atoms with Gasteiger partial charge in [0.1, 0.15) is 0 Å². The third kappa shape index (κ3) is 3.80. The zero-order valence-corrected chi connectivity index (χ0v) is 14.1. The first-order chi connectivity index (χ1) is 11.5. The molecule has 1 atom stereocenters. The maximum Gasteiger partial charge on any atom is 0.319 e. The number of anilines is 2. The highest BCUT2D eigenvalue weighted by atomic mass is 35.5. The highest BCUT2D eigenvalue weighted by Crippen LogP contribution is 2.25. The molecule has 0 aliphatic carbocycles. The van der Waals surface area contributed by atoms with Crippen molar-refractivity contribution < 1.29 is 9.59 Å². The third-order valence-corrected chi connectivity index (χ3v) is 4.44. The van der Waals surface area contributed by atoms with Gasteiger partial charge >= 0.3 is 6.03 Å². The summed E-state index contributed by atoms with van der Waals surface area (Å²) >= 11 is 11.8. The Kier molecular flexibility index (Phi) is 4.92. The number of nitrogens with zero attached hydrogens (tertiary/aromatic N) is 1. The molecule has 2 aromatic carbocycles. The van der Waals surface area contributed by atoms with Crippen molar-refractivity contribution in [3.8, 4) is 0 Å². The standard InChI is InChI=1S/C17H15Cl2N3O2/c18-14-7-6-11(8-15(14)19)20-17(24)21-12-9-16(23)22(10-12)13-4-2-1-3-5-13/h1-8,12H,9-10H2,(H2,20,21,24)/t12-/m1/s1. The van der Waals surface area contributed by atoms with Gasteiger partial charge in [-0.3, -0.25) is 4.79 Å². The van der Waals surface area contributed by atoms with E-state index in [9.17, 15) is 9.59 Å². The summed E-state index contributed by atoms with van der Waals surface area (Å²) < 4.78 is 0. The van der Waals surface area contributed by atoms with Crippen LogP contribution in [-0.4, -0.2) is 24.5 Å². The van der Waals surface area contributed by atoms with E-state index < -0.39 is 0 Å². The molecule has 0 aromatic heterocycles. The molecule has 24 heavy (non-hydrogen) atoms. The van der Waals surface area contributed by atoms with Crippen LogP contribution in [0.3, 0.4) is 0 Å². The van der Waals surface area contributed by atoms with Crippen molar-refractivity contribution in [2.75, 3.05) is 16.8 Å². The van der Waals surface area contributed by atoms with E-state index >= 15 is 0 Å². The van der Waals surface area contributed by atoms with Crippen molar-refractivity contribution in [2.45, 2.75) is 12.5 Å². The number of benzene rings is 2. The Labute approximate surface area is 149 Å². The van der Waals surface area contributed by atoms with Gasteiger partial charge in [-0.15, -0.1) is 0 Å². The van der Waals surface area contributed by atoms with Crippen molar-refractivity contribution in [3.05, 3.63) is 58.6 Å². The van der Waals surface area contributed by atoms with Crippen molar-refractivity contribution in [1.29, 1.82) is 0 Å². The van der Waals surface area contributed by atoms with Gasteiger partial charge in [0, 0.05) is 24.3 Å². The first kappa shape index (κ1) is 16.6. The molecule has 7 heteroatoms. The first-order valence-corrected chi connectivity index (χ1v) is 8.16. The smallest absolute Gasteiger partial charge is 0.319 e. The second-order valence-electron chi connectivity index (χ2n) is 5.47. The average Bonchev–Trinajstić information content (AvgIpc) is 2.92. The van der Waals surface area contributed by atoms with Crippen LogP contribution in [-0.2, 0) is 4.79 Å². The number of carbonyl (C=O) groups excluding carboxylic acids is 2. The van der Waals surface area contributed by atoms with E-state index in [0.717, 1.165) is 5.69 Å². The lowest BCUT2D eigenvalue weighted by atomic mass is 10.2. The average molecular weight is 364 g/mol. The van der Waals surface area contributed by atoms with Crippen LogP contribution in [0.15, 0.2) is 48.5 Å². The summed E-state index contributed by atoms with van der Waals surface area (Å²) in [6.07, 6.45) is 0.268. The zero-order chi connectivity index (χ0) is 17.1. The molecule has 1 saturated heterocycles. The fourth-order valence-corrected chi connectivity index (χ4v) is 2.89. The fourth-order valence-electron chi connectivity index (χ4n) is 2.59. The molecule has 1 heterocycles. The number of nitrogens with one attached hydrogen (secondary N) is 2. The Balaban J connectivity index is 1.59. The second kappa shape index (κ2) is 7.11. The van der Waals surface area contributed by atoms with Crippen LogP contribution in [0.1, 0.15) is 6.42 Å². The topological polar surface area (TPSA) is 61.4 Å². The minimum Gasteiger partial charge on any atom is -0.333 e. The Morgan fingerprint density at radius 3 is 2.54 bits per heavy atom. The number of hydrogen-bond donors (Lipinski definition) is 2. The molecule has 0 spiro atoms. The van der Waals surface area contributed by atoms with E-state index in [2.05, 4.69) is 10.6 Å². The largest absolute Gasteiger partial charge is 0.333 e. The Morgan fingerprint density at radius 1 is 1.08 bits per heavy atom.